The second kappa shape index (κ2) is 11.4. The van der Waals surface area contributed by atoms with Crippen LogP contribution in [-0.4, -0.2) is 46.7 Å². The third-order valence-electron chi connectivity index (χ3n) is 2.68. The highest BCUT2D eigenvalue weighted by Crippen LogP contribution is 2.17. The first kappa shape index (κ1) is 16.6. The maximum absolute atomic E-state index is 5.49. The Labute approximate surface area is 120 Å². The smallest absolute Gasteiger partial charge is 0.0701 e. The van der Waals surface area contributed by atoms with Gasteiger partial charge in [0, 0.05) is 37.8 Å². The van der Waals surface area contributed by atoms with Gasteiger partial charge >= 0.3 is 0 Å². The van der Waals surface area contributed by atoms with Gasteiger partial charge in [0.1, 0.15) is 0 Å². The van der Waals surface area contributed by atoms with E-state index in [1.54, 1.807) is 18.4 Å². The first-order chi connectivity index (χ1) is 9.34. The topological polar surface area (TPSA) is 39.7 Å². The Morgan fingerprint density at radius 2 is 1.95 bits per heavy atom. The van der Waals surface area contributed by atoms with Crippen molar-refractivity contribution in [3.63, 3.8) is 0 Å². The largest absolute Gasteiger partial charge is 0.385 e. The number of nitrogens with one attached hydrogen (secondary N) is 1. The second-order valence-electron chi connectivity index (χ2n) is 4.26. The summed E-state index contributed by atoms with van der Waals surface area (Å²) in [5.41, 5.74) is 0. The van der Waals surface area contributed by atoms with Gasteiger partial charge in [0.05, 0.1) is 19.8 Å². The van der Waals surface area contributed by atoms with Gasteiger partial charge in [-0.1, -0.05) is 6.07 Å². The molecule has 0 saturated heterocycles. The molecule has 1 rings (SSSR count). The van der Waals surface area contributed by atoms with Crippen LogP contribution in [0.1, 0.15) is 24.3 Å². The van der Waals surface area contributed by atoms with E-state index in [1.807, 2.05) is 0 Å². The monoisotopic (exact) mass is 287 g/mol. The van der Waals surface area contributed by atoms with Gasteiger partial charge in [-0.25, -0.2) is 0 Å². The predicted octanol–water partition coefficient (Wildman–Crippen LogP) is 2.47. The van der Waals surface area contributed by atoms with Crippen LogP contribution < -0.4 is 5.32 Å². The van der Waals surface area contributed by atoms with Gasteiger partial charge in [0.2, 0.25) is 0 Å². The van der Waals surface area contributed by atoms with Crippen molar-refractivity contribution in [3.05, 3.63) is 22.4 Å². The molecule has 0 bridgehead atoms. The lowest BCUT2D eigenvalue weighted by atomic mass is 10.3. The zero-order valence-corrected chi connectivity index (χ0v) is 12.7. The Bertz CT molecular complexity index is 293. The van der Waals surface area contributed by atoms with Gasteiger partial charge in [0.25, 0.3) is 0 Å². The molecule has 4 nitrogen and oxygen atoms in total. The van der Waals surface area contributed by atoms with E-state index in [9.17, 15) is 0 Å². The summed E-state index contributed by atoms with van der Waals surface area (Å²) in [6, 6.07) is 4.63. The fraction of sp³-hybridized carbons (Fsp3) is 0.714. The summed E-state index contributed by atoms with van der Waals surface area (Å²) in [4.78, 5) is 1.36. The van der Waals surface area contributed by atoms with Gasteiger partial charge in [-0.15, -0.1) is 11.3 Å². The predicted molar refractivity (Wildman–Crippen MR) is 78.9 cm³/mol. The van der Waals surface area contributed by atoms with Crippen molar-refractivity contribution in [1.29, 1.82) is 0 Å². The molecule has 1 aromatic heterocycles. The first-order valence-corrected chi connectivity index (χ1v) is 7.63. The van der Waals surface area contributed by atoms with Crippen LogP contribution in [0.5, 0.6) is 0 Å². The number of hydrogen-bond donors (Lipinski definition) is 1. The Morgan fingerprint density at radius 3 is 2.63 bits per heavy atom. The minimum atomic E-state index is 0.397. The van der Waals surface area contributed by atoms with Gasteiger partial charge in [-0.2, -0.15) is 0 Å². The van der Waals surface area contributed by atoms with E-state index in [-0.39, 0.29) is 0 Å². The molecule has 1 heterocycles. The van der Waals surface area contributed by atoms with Crippen molar-refractivity contribution < 1.29 is 14.2 Å². The first-order valence-electron chi connectivity index (χ1n) is 6.76. The van der Waals surface area contributed by atoms with Crippen LogP contribution in [0.15, 0.2) is 17.5 Å². The third kappa shape index (κ3) is 8.34. The van der Waals surface area contributed by atoms with Crippen LogP contribution in [0.25, 0.3) is 0 Å². The maximum Gasteiger partial charge on any atom is 0.0701 e. The molecular weight excluding hydrogens is 262 g/mol. The van der Waals surface area contributed by atoms with Crippen molar-refractivity contribution >= 4 is 11.3 Å². The van der Waals surface area contributed by atoms with E-state index in [2.05, 4.69) is 29.8 Å². The van der Waals surface area contributed by atoms with Crippen LogP contribution >= 0.6 is 11.3 Å². The van der Waals surface area contributed by atoms with E-state index >= 15 is 0 Å². The third-order valence-corrected chi connectivity index (χ3v) is 3.73. The summed E-state index contributed by atoms with van der Waals surface area (Å²) < 4.78 is 15.8. The summed E-state index contributed by atoms with van der Waals surface area (Å²) in [5, 5.41) is 5.53. The van der Waals surface area contributed by atoms with Crippen molar-refractivity contribution in [3.8, 4) is 0 Å². The molecule has 0 radical (unpaired) electrons. The Kier molecular flexibility index (Phi) is 9.93. The summed E-state index contributed by atoms with van der Waals surface area (Å²) in [7, 11) is 1.70. The zero-order valence-electron chi connectivity index (χ0n) is 11.9. The van der Waals surface area contributed by atoms with E-state index in [4.69, 9.17) is 14.2 Å². The minimum absolute atomic E-state index is 0.397. The average molecular weight is 287 g/mol. The van der Waals surface area contributed by atoms with E-state index < -0.39 is 0 Å². The van der Waals surface area contributed by atoms with E-state index in [0.717, 1.165) is 32.8 Å². The Balaban J connectivity index is 1.83. The highest BCUT2D eigenvalue weighted by atomic mass is 32.1. The molecule has 1 N–H and O–H groups in total. The molecule has 1 atom stereocenters. The Hall–Kier alpha value is -0.460. The average Bonchev–Trinajstić information content (AvgIpc) is 2.95. The van der Waals surface area contributed by atoms with Crippen LogP contribution in [0.3, 0.4) is 0 Å². The number of ether oxygens (including phenoxy) is 3. The Morgan fingerprint density at radius 1 is 1.16 bits per heavy atom. The standard InChI is InChI=1S/C14H25NO3S/c1-13(14-5-3-12-19-14)15-6-9-18-11-10-17-8-4-7-16-2/h3,5,12-13,15H,4,6-11H2,1-2H3. The molecule has 5 heteroatoms. The van der Waals surface area contributed by atoms with Gasteiger partial charge in [0.15, 0.2) is 0 Å². The quantitative estimate of drug-likeness (QED) is 0.600. The maximum atomic E-state index is 5.49. The van der Waals surface area contributed by atoms with Crippen molar-refractivity contribution in [2.75, 3.05) is 46.7 Å². The fourth-order valence-corrected chi connectivity index (χ4v) is 2.37. The number of hydrogen-bond acceptors (Lipinski definition) is 5. The molecule has 0 amide bonds. The molecule has 1 aromatic rings. The number of thiophene rings is 1. The molecule has 0 aliphatic rings. The molecule has 0 aliphatic carbocycles. The highest BCUT2D eigenvalue weighted by molar-refractivity contribution is 7.10. The molecule has 0 aliphatic heterocycles. The van der Waals surface area contributed by atoms with E-state index in [0.29, 0.717) is 19.3 Å². The molecule has 0 spiro atoms. The molecule has 19 heavy (non-hydrogen) atoms. The van der Waals surface area contributed by atoms with Crippen LogP contribution in [0.2, 0.25) is 0 Å². The van der Waals surface area contributed by atoms with Crippen molar-refractivity contribution in [2.45, 2.75) is 19.4 Å². The normalized spacial score (nSPS) is 12.7. The molecule has 1 unspecified atom stereocenters. The summed E-state index contributed by atoms with van der Waals surface area (Å²) in [6.45, 7) is 6.56. The molecule has 0 fully saturated rings. The van der Waals surface area contributed by atoms with Crippen LogP contribution in [0, 0.1) is 0 Å². The lowest BCUT2D eigenvalue weighted by Gasteiger charge is -2.12. The zero-order chi connectivity index (χ0) is 13.8. The second-order valence-corrected chi connectivity index (χ2v) is 5.24. The van der Waals surface area contributed by atoms with Crippen molar-refractivity contribution in [2.24, 2.45) is 0 Å². The summed E-state index contributed by atoms with van der Waals surface area (Å²) in [5.74, 6) is 0. The minimum Gasteiger partial charge on any atom is -0.385 e. The summed E-state index contributed by atoms with van der Waals surface area (Å²) in [6.07, 6.45) is 0.941. The van der Waals surface area contributed by atoms with Crippen LogP contribution in [-0.2, 0) is 14.2 Å². The molecule has 0 aromatic carbocycles. The fourth-order valence-electron chi connectivity index (χ4n) is 1.61. The van der Waals surface area contributed by atoms with Crippen LogP contribution in [0.4, 0.5) is 0 Å². The van der Waals surface area contributed by atoms with Gasteiger partial charge in [-0.05, 0) is 24.8 Å². The SMILES string of the molecule is COCCCOCCOCCNC(C)c1cccs1. The van der Waals surface area contributed by atoms with Gasteiger partial charge < -0.3 is 19.5 Å². The number of rotatable bonds is 12. The van der Waals surface area contributed by atoms with E-state index in [1.165, 1.54) is 4.88 Å². The summed E-state index contributed by atoms with van der Waals surface area (Å²) >= 11 is 1.78. The number of methoxy groups -OCH3 is 1. The van der Waals surface area contributed by atoms with Gasteiger partial charge in [-0.3, -0.25) is 0 Å². The molecule has 0 saturated carbocycles. The molecule has 110 valence electrons. The lowest BCUT2D eigenvalue weighted by molar-refractivity contribution is 0.0404. The lowest BCUT2D eigenvalue weighted by Crippen LogP contribution is -2.23. The molecular formula is C14H25NO3S. The van der Waals surface area contributed by atoms with Crippen molar-refractivity contribution in [1.82, 2.24) is 5.32 Å². The highest BCUT2D eigenvalue weighted by Gasteiger charge is 2.04.